The lowest BCUT2D eigenvalue weighted by Gasteiger charge is -2.44. The third-order valence-electron chi connectivity index (χ3n) is 5.66. The van der Waals surface area contributed by atoms with Gasteiger partial charge in [0.15, 0.2) is 0 Å². The fourth-order valence-corrected chi connectivity index (χ4v) is 5.70. The topological polar surface area (TPSA) is 40.6 Å². The number of carbonyl (C=O) groups is 2. The van der Waals surface area contributed by atoms with Crippen molar-refractivity contribution in [2.24, 2.45) is 0 Å². The maximum Gasteiger partial charge on any atom is 0.255 e. The van der Waals surface area contributed by atoms with Gasteiger partial charge in [-0.15, -0.1) is 11.8 Å². The molecule has 0 radical (unpaired) electrons. The Morgan fingerprint density at radius 3 is 2.32 bits per heavy atom. The van der Waals surface area contributed by atoms with Crippen LogP contribution in [-0.2, 0) is 0 Å². The van der Waals surface area contributed by atoms with Crippen molar-refractivity contribution in [3.05, 3.63) is 70.2 Å². The van der Waals surface area contributed by atoms with Crippen LogP contribution >= 0.6 is 23.4 Å². The van der Waals surface area contributed by atoms with E-state index < -0.39 is 0 Å². The smallest absolute Gasteiger partial charge is 0.255 e. The summed E-state index contributed by atoms with van der Waals surface area (Å²) in [5, 5.41) is 0.485. The van der Waals surface area contributed by atoms with E-state index in [1.165, 1.54) is 0 Å². The van der Waals surface area contributed by atoms with Crippen molar-refractivity contribution in [3.8, 4) is 0 Å². The van der Waals surface area contributed by atoms with E-state index in [2.05, 4.69) is 0 Å². The molecule has 28 heavy (non-hydrogen) atoms. The molecule has 6 heteroatoms. The molecule has 0 bridgehead atoms. The van der Waals surface area contributed by atoms with Gasteiger partial charge < -0.3 is 9.80 Å². The van der Waals surface area contributed by atoms with Gasteiger partial charge in [0, 0.05) is 31.0 Å². The molecule has 0 atom stereocenters. The maximum absolute atomic E-state index is 13.1. The Bertz CT molecular complexity index is 892. The van der Waals surface area contributed by atoms with Gasteiger partial charge in [-0.3, -0.25) is 9.59 Å². The third kappa shape index (κ3) is 3.53. The average Bonchev–Trinajstić information content (AvgIpc) is 3.11. The predicted molar refractivity (Wildman–Crippen MR) is 114 cm³/mol. The van der Waals surface area contributed by atoms with Crippen molar-refractivity contribution in [2.45, 2.75) is 24.6 Å². The molecule has 2 amide bonds. The van der Waals surface area contributed by atoms with E-state index in [4.69, 9.17) is 11.6 Å². The molecule has 2 aromatic rings. The van der Waals surface area contributed by atoms with E-state index in [9.17, 15) is 9.59 Å². The molecular weight excluding hydrogens is 392 g/mol. The molecule has 2 aliphatic heterocycles. The van der Waals surface area contributed by atoms with E-state index in [0.717, 1.165) is 36.3 Å². The number of likely N-dealkylation sites (tertiary alicyclic amines) is 1. The lowest BCUT2D eigenvalue weighted by Crippen LogP contribution is -2.53. The molecule has 4 rings (SSSR count). The summed E-state index contributed by atoms with van der Waals surface area (Å²) >= 11 is 8.05. The van der Waals surface area contributed by atoms with Gasteiger partial charge in [-0.25, -0.2) is 0 Å². The molecule has 1 spiro atoms. The zero-order chi connectivity index (χ0) is 19.7. The van der Waals surface area contributed by atoms with E-state index >= 15 is 0 Å². The number of hydrogen-bond acceptors (Lipinski definition) is 3. The Hall–Kier alpha value is -1.98. The number of nitrogens with zero attached hydrogens (tertiary/aromatic N) is 2. The molecular formula is C22H23ClN2O2S. The summed E-state index contributed by atoms with van der Waals surface area (Å²) in [6.45, 7) is 4.05. The molecule has 2 heterocycles. The Labute approximate surface area is 174 Å². The number of hydrogen-bond donors (Lipinski definition) is 0. The number of benzene rings is 2. The molecule has 0 saturated carbocycles. The van der Waals surface area contributed by atoms with Gasteiger partial charge in [0.2, 0.25) is 0 Å². The molecule has 2 saturated heterocycles. The van der Waals surface area contributed by atoms with Crippen LogP contribution in [0.4, 0.5) is 0 Å². The minimum Gasteiger partial charge on any atom is -0.338 e. The number of amides is 2. The number of halogens is 1. The maximum atomic E-state index is 13.1. The van der Waals surface area contributed by atoms with Crippen molar-refractivity contribution in [2.75, 3.05) is 25.4 Å². The SMILES string of the molecule is Cc1ccc(C(=O)N2CCSC23CCN(C(=O)c2ccccc2Cl)CC3)cc1. The third-order valence-corrected chi connectivity index (χ3v) is 7.54. The van der Waals surface area contributed by atoms with Crippen molar-refractivity contribution >= 4 is 35.2 Å². The van der Waals surface area contributed by atoms with Gasteiger partial charge in [0.05, 0.1) is 15.5 Å². The van der Waals surface area contributed by atoms with Crippen LogP contribution < -0.4 is 0 Å². The molecule has 0 unspecified atom stereocenters. The number of rotatable bonds is 2. The summed E-state index contributed by atoms with van der Waals surface area (Å²) in [6, 6.07) is 15.0. The fraction of sp³-hybridized carbons (Fsp3) is 0.364. The molecule has 146 valence electrons. The van der Waals surface area contributed by atoms with Crippen molar-refractivity contribution in [1.29, 1.82) is 0 Å². The normalized spacial score (nSPS) is 18.5. The summed E-state index contributed by atoms with van der Waals surface area (Å²) in [5.41, 5.74) is 2.43. The number of thioether (sulfide) groups is 1. The standard InChI is InChI=1S/C22H23ClN2O2S/c1-16-6-8-17(9-7-16)20(26)25-14-15-28-22(25)10-12-24(13-11-22)21(27)18-4-2-3-5-19(18)23/h2-9H,10-15H2,1H3. The van der Waals surface area contributed by atoms with Gasteiger partial charge in [-0.1, -0.05) is 41.4 Å². The first-order valence-corrected chi connectivity index (χ1v) is 10.9. The van der Waals surface area contributed by atoms with Gasteiger partial charge >= 0.3 is 0 Å². The van der Waals surface area contributed by atoms with Crippen LogP contribution in [0.3, 0.4) is 0 Å². The largest absolute Gasteiger partial charge is 0.338 e. The minimum atomic E-state index is -0.209. The van der Waals surface area contributed by atoms with Crippen LogP contribution in [0.2, 0.25) is 5.02 Å². The summed E-state index contributed by atoms with van der Waals surface area (Å²) in [6.07, 6.45) is 1.57. The van der Waals surface area contributed by atoms with Crippen LogP contribution in [-0.4, -0.2) is 51.9 Å². The highest BCUT2D eigenvalue weighted by molar-refractivity contribution is 8.00. The molecule has 0 aliphatic carbocycles. The zero-order valence-electron chi connectivity index (χ0n) is 15.9. The van der Waals surface area contributed by atoms with Crippen molar-refractivity contribution < 1.29 is 9.59 Å². The van der Waals surface area contributed by atoms with E-state index in [1.807, 2.05) is 64.9 Å². The van der Waals surface area contributed by atoms with Gasteiger partial charge in [-0.2, -0.15) is 0 Å². The number of carbonyl (C=O) groups excluding carboxylic acids is 2. The second-order valence-corrected chi connectivity index (χ2v) is 9.25. The summed E-state index contributed by atoms with van der Waals surface area (Å²) < 4.78 is 0. The van der Waals surface area contributed by atoms with Gasteiger partial charge in [0.1, 0.15) is 0 Å². The predicted octanol–water partition coefficient (Wildman–Crippen LogP) is 4.47. The van der Waals surface area contributed by atoms with E-state index in [0.29, 0.717) is 23.7 Å². The zero-order valence-corrected chi connectivity index (χ0v) is 17.4. The summed E-state index contributed by atoms with van der Waals surface area (Å²) in [7, 11) is 0. The van der Waals surface area contributed by atoms with Crippen LogP contribution in [0, 0.1) is 6.92 Å². The second kappa shape index (κ2) is 7.80. The molecule has 2 aliphatic rings. The first-order chi connectivity index (χ1) is 13.5. The Kier molecular flexibility index (Phi) is 5.39. The lowest BCUT2D eigenvalue weighted by molar-refractivity contribution is 0.0498. The van der Waals surface area contributed by atoms with Crippen LogP contribution in [0.1, 0.15) is 39.1 Å². The number of aryl methyl sites for hydroxylation is 1. The van der Waals surface area contributed by atoms with Crippen molar-refractivity contribution in [1.82, 2.24) is 9.80 Å². The van der Waals surface area contributed by atoms with Gasteiger partial charge in [0.25, 0.3) is 11.8 Å². The molecule has 2 fully saturated rings. The second-order valence-electron chi connectivity index (χ2n) is 7.39. The number of piperidine rings is 1. The Morgan fingerprint density at radius 1 is 0.964 bits per heavy atom. The Morgan fingerprint density at radius 2 is 1.64 bits per heavy atom. The summed E-state index contributed by atoms with van der Waals surface area (Å²) in [5.74, 6) is 1.01. The molecule has 0 aromatic heterocycles. The molecule has 4 nitrogen and oxygen atoms in total. The first kappa shape index (κ1) is 19.3. The van der Waals surface area contributed by atoms with E-state index in [1.54, 1.807) is 12.1 Å². The minimum absolute atomic E-state index is 0.0279. The van der Waals surface area contributed by atoms with Crippen LogP contribution in [0.5, 0.6) is 0 Å². The highest BCUT2D eigenvalue weighted by Gasteiger charge is 2.47. The Balaban J connectivity index is 1.48. The van der Waals surface area contributed by atoms with E-state index in [-0.39, 0.29) is 16.7 Å². The van der Waals surface area contributed by atoms with Crippen molar-refractivity contribution in [3.63, 3.8) is 0 Å². The average molecular weight is 415 g/mol. The fourth-order valence-electron chi connectivity index (χ4n) is 4.03. The molecule has 0 N–H and O–H groups in total. The van der Waals surface area contributed by atoms with Crippen LogP contribution in [0.15, 0.2) is 48.5 Å². The highest BCUT2D eigenvalue weighted by atomic mass is 35.5. The monoisotopic (exact) mass is 414 g/mol. The molecule has 2 aromatic carbocycles. The summed E-state index contributed by atoms with van der Waals surface area (Å²) in [4.78, 5) is 29.7. The lowest BCUT2D eigenvalue weighted by atomic mass is 10.00. The van der Waals surface area contributed by atoms with Gasteiger partial charge in [-0.05, 0) is 44.0 Å². The highest BCUT2D eigenvalue weighted by Crippen LogP contribution is 2.44. The quantitative estimate of drug-likeness (QED) is 0.727. The van der Waals surface area contributed by atoms with Crippen LogP contribution in [0.25, 0.3) is 0 Å². The first-order valence-electron chi connectivity index (χ1n) is 9.57.